The summed E-state index contributed by atoms with van der Waals surface area (Å²) >= 11 is 0. The summed E-state index contributed by atoms with van der Waals surface area (Å²) in [6.45, 7) is 3.57. The molecule has 2 aromatic rings. The number of rotatable bonds is 5. The number of piperazine rings is 1. The van der Waals surface area contributed by atoms with Gasteiger partial charge in [0.15, 0.2) is 11.5 Å². The van der Waals surface area contributed by atoms with Crippen molar-refractivity contribution in [2.24, 2.45) is 0 Å². The highest BCUT2D eigenvalue weighted by Crippen LogP contribution is 2.32. The van der Waals surface area contributed by atoms with Gasteiger partial charge in [-0.25, -0.2) is 4.39 Å². The molecule has 7 heteroatoms. The molecule has 6 nitrogen and oxygen atoms in total. The first-order valence-electron chi connectivity index (χ1n) is 9.07. The number of hydrogen-bond donors (Lipinski definition) is 1. The Labute approximate surface area is 157 Å². The maximum Gasteiger partial charge on any atom is 0.236 e. The molecule has 2 aromatic carbocycles. The summed E-state index contributed by atoms with van der Waals surface area (Å²) in [5, 5.41) is 3.18. The molecule has 2 aliphatic heterocycles. The van der Waals surface area contributed by atoms with Crippen molar-refractivity contribution in [2.75, 3.05) is 44.4 Å². The van der Waals surface area contributed by atoms with E-state index in [4.69, 9.17) is 9.47 Å². The zero-order chi connectivity index (χ0) is 18.6. The lowest BCUT2D eigenvalue weighted by atomic mass is 10.2. The molecule has 0 unspecified atom stereocenters. The first-order valence-corrected chi connectivity index (χ1v) is 9.07. The number of benzene rings is 2. The number of amides is 1. The van der Waals surface area contributed by atoms with Crippen LogP contribution in [0.2, 0.25) is 0 Å². The first kappa shape index (κ1) is 17.6. The Morgan fingerprint density at radius 1 is 1.04 bits per heavy atom. The lowest BCUT2D eigenvalue weighted by molar-refractivity contribution is -0.130. The van der Waals surface area contributed by atoms with E-state index in [0.717, 1.165) is 17.1 Å². The molecule has 2 aliphatic rings. The standard InChI is InChI=1S/C20H22FN3O3/c21-16-3-1-2-4-17(16)23-7-9-24(10-8-23)20(25)13-22-12-15-5-6-18-19(11-15)27-14-26-18/h1-6,11,22H,7-10,12-14H2. The summed E-state index contributed by atoms with van der Waals surface area (Å²) in [5.41, 5.74) is 1.64. The predicted octanol–water partition coefficient (Wildman–Crippen LogP) is 1.99. The third-order valence-corrected chi connectivity index (χ3v) is 4.87. The minimum atomic E-state index is -0.220. The van der Waals surface area contributed by atoms with Crippen molar-refractivity contribution in [3.63, 3.8) is 0 Å². The number of nitrogens with one attached hydrogen (secondary N) is 1. The molecule has 0 saturated carbocycles. The third-order valence-electron chi connectivity index (χ3n) is 4.87. The summed E-state index contributed by atoms with van der Waals surface area (Å²) in [7, 11) is 0. The van der Waals surface area contributed by atoms with Crippen molar-refractivity contribution in [2.45, 2.75) is 6.54 Å². The van der Waals surface area contributed by atoms with E-state index in [1.807, 2.05) is 34.1 Å². The monoisotopic (exact) mass is 371 g/mol. The topological polar surface area (TPSA) is 54.0 Å². The highest BCUT2D eigenvalue weighted by Gasteiger charge is 2.22. The van der Waals surface area contributed by atoms with E-state index in [-0.39, 0.29) is 25.1 Å². The highest BCUT2D eigenvalue weighted by atomic mass is 19.1. The van der Waals surface area contributed by atoms with Gasteiger partial charge >= 0.3 is 0 Å². The van der Waals surface area contributed by atoms with Crippen LogP contribution in [0.1, 0.15) is 5.56 Å². The van der Waals surface area contributed by atoms with Gasteiger partial charge in [0.1, 0.15) is 5.82 Å². The van der Waals surface area contributed by atoms with Crippen LogP contribution in [0.4, 0.5) is 10.1 Å². The van der Waals surface area contributed by atoms with Gasteiger partial charge in [-0.1, -0.05) is 18.2 Å². The van der Waals surface area contributed by atoms with Crippen molar-refractivity contribution >= 4 is 11.6 Å². The van der Waals surface area contributed by atoms with E-state index in [0.29, 0.717) is 38.4 Å². The Balaban J connectivity index is 1.23. The van der Waals surface area contributed by atoms with Gasteiger partial charge in [-0.2, -0.15) is 0 Å². The van der Waals surface area contributed by atoms with Gasteiger partial charge in [-0.3, -0.25) is 4.79 Å². The Morgan fingerprint density at radius 3 is 2.63 bits per heavy atom. The van der Waals surface area contributed by atoms with Gasteiger partial charge < -0.3 is 24.6 Å². The van der Waals surface area contributed by atoms with Crippen molar-refractivity contribution in [3.05, 3.63) is 53.8 Å². The van der Waals surface area contributed by atoms with Crippen LogP contribution in [-0.4, -0.2) is 50.3 Å². The molecule has 4 rings (SSSR count). The second-order valence-electron chi connectivity index (χ2n) is 6.61. The molecule has 1 fully saturated rings. The van der Waals surface area contributed by atoms with E-state index in [1.54, 1.807) is 12.1 Å². The molecule has 142 valence electrons. The minimum absolute atomic E-state index is 0.0592. The summed E-state index contributed by atoms with van der Waals surface area (Å²) < 4.78 is 24.5. The van der Waals surface area contributed by atoms with Crippen LogP contribution in [0.5, 0.6) is 11.5 Å². The Kier molecular flexibility index (Phi) is 5.11. The number of ether oxygens (including phenoxy) is 2. The van der Waals surface area contributed by atoms with Crippen molar-refractivity contribution in [3.8, 4) is 11.5 Å². The molecule has 1 amide bonds. The number of anilines is 1. The molecule has 1 N–H and O–H groups in total. The molecular weight excluding hydrogens is 349 g/mol. The van der Waals surface area contributed by atoms with Crippen molar-refractivity contribution in [1.82, 2.24) is 10.2 Å². The number of para-hydroxylation sites is 1. The third kappa shape index (κ3) is 3.98. The fourth-order valence-corrected chi connectivity index (χ4v) is 3.38. The van der Waals surface area contributed by atoms with Gasteiger partial charge in [-0.15, -0.1) is 0 Å². The number of carbonyl (C=O) groups excluding carboxylic acids is 1. The van der Waals surface area contributed by atoms with Gasteiger partial charge in [0.25, 0.3) is 0 Å². The minimum Gasteiger partial charge on any atom is -0.454 e. The van der Waals surface area contributed by atoms with Gasteiger partial charge in [0.05, 0.1) is 12.2 Å². The summed E-state index contributed by atoms with van der Waals surface area (Å²) in [4.78, 5) is 16.2. The molecule has 0 radical (unpaired) electrons. The maximum atomic E-state index is 13.9. The number of nitrogens with zero attached hydrogens (tertiary/aromatic N) is 2. The average molecular weight is 371 g/mol. The summed E-state index contributed by atoms with van der Waals surface area (Å²) in [6, 6.07) is 12.5. The average Bonchev–Trinajstić information content (AvgIpc) is 3.16. The fourth-order valence-electron chi connectivity index (χ4n) is 3.38. The zero-order valence-corrected chi connectivity index (χ0v) is 15.0. The molecule has 0 spiro atoms. The molecule has 0 bridgehead atoms. The molecular formula is C20H22FN3O3. The number of hydrogen-bond acceptors (Lipinski definition) is 5. The summed E-state index contributed by atoms with van der Waals surface area (Å²) in [5.74, 6) is 1.33. The quantitative estimate of drug-likeness (QED) is 0.871. The first-order chi connectivity index (χ1) is 13.2. The van der Waals surface area contributed by atoms with Crippen LogP contribution in [-0.2, 0) is 11.3 Å². The SMILES string of the molecule is O=C(CNCc1ccc2c(c1)OCO2)N1CCN(c2ccccc2F)CC1. The largest absolute Gasteiger partial charge is 0.454 e. The van der Waals surface area contributed by atoms with Gasteiger partial charge in [0, 0.05) is 32.7 Å². The molecule has 27 heavy (non-hydrogen) atoms. The maximum absolute atomic E-state index is 13.9. The molecule has 0 atom stereocenters. The van der Waals surface area contributed by atoms with Crippen molar-refractivity contribution < 1.29 is 18.7 Å². The van der Waals surface area contributed by atoms with E-state index in [9.17, 15) is 9.18 Å². The second kappa shape index (κ2) is 7.84. The van der Waals surface area contributed by atoms with Crippen LogP contribution in [0.25, 0.3) is 0 Å². The Hall–Kier alpha value is -2.80. The Morgan fingerprint density at radius 2 is 1.81 bits per heavy atom. The van der Waals surface area contributed by atoms with Gasteiger partial charge in [-0.05, 0) is 29.8 Å². The van der Waals surface area contributed by atoms with Crippen LogP contribution in [0, 0.1) is 5.82 Å². The zero-order valence-electron chi connectivity index (χ0n) is 15.0. The fraction of sp³-hybridized carbons (Fsp3) is 0.350. The van der Waals surface area contributed by atoms with Crippen LogP contribution in [0.3, 0.4) is 0 Å². The van der Waals surface area contributed by atoms with E-state index in [1.165, 1.54) is 6.07 Å². The van der Waals surface area contributed by atoms with E-state index < -0.39 is 0 Å². The smallest absolute Gasteiger partial charge is 0.236 e. The van der Waals surface area contributed by atoms with Crippen LogP contribution in [0.15, 0.2) is 42.5 Å². The summed E-state index contributed by atoms with van der Waals surface area (Å²) in [6.07, 6.45) is 0. The second-order valence-corrected chi connectivity index (χ2v) is 6.61. The van der Waals surface area contributed by atoms with Gasteiger partial charge in [0.2, 0.25) is 12.7 Å². The van der Waals surface area contributed by atoms with Crippen molar-refractivity contribution in [1.29, 1.82) is 0 Å². The molecule has 2 heterocycles. The lowest BCUT2D eigenvalue weighted by Crippen LogP contribution is -2.51. The number of halogens is 1. The predicted molar refractivity (Wildman–Crippen MR) is 99.5 cm³/mol. The molecule has 0 aliphatic carbocycles. The normalized spacial score (nSPS) is 15.9. The van der Waals surface area contributed by atoms with E-state index >= 15 is 0 Å². The highest BCUT2D eigenvalue weighted by molar-refractivity contribution is 5.78. The van der Waals surface area contributed by atoms with Crippen LogP contribution < -0.4 is 19.7 Å². The Bertz CT molecular complexity index is 822. The van der Waals surface area contributed by atoms with E-state index in [2.05, 4.69) is 5.32 Å². The number of carbonyl (C=O) groups is 1. The number of fused-ring (bicyclic) bond motifs is 1. The lowest BCUT2D eigenvalue weighted by Gasteiger charge is -2.36. The molecule has 0 aromatic heterocycles. The van der Waals surface area contributed by atoms with Crippen LogP contribution >= 0.6 is 0 Å². The molecule has 1 saturated heterocycles.